The Bertz CT molecular complexity index is 747. The van der Waals surface area contributed by atoms with E-state index in [1.165, 1.54) is 0 Å². The van der Waals surface area contributed by atoms with Gasteiger partial charge < -0.3 is 18.9 Å². The third kappa shape index (κ3) is 4.05. The number of hydrogen-bond donors (Lipinski definition) is 0. The van der Waals surface area contributed by atoms with Gasteiger partial charge >= 0.3 is 0 Å². The SMILES string of the molecule is CC[C@@H]1CN(Cc2cc(OC)ccc2OC)Cc2cc(OC)ccc2O1. The van der Waals surface area contributed by atoms with Crippen molar-refractivity contribution < 1.29 is 18.9 Å². The number of rotatable bonds is 6. The predicted molar refractivity (Wildman–Crippen MR) is 101 cm³/mol. The highest BCUT2D eigenvalue weighted by Gasteiger charge is 2.23. The summed E-state index contributed by atoms with van der Waals surface area (Å²) in [6.07, 6.45) is 1.11. The van der Waals surface area contributed by atoms with E-state index < -0.39 is 0 Å². The molecule has 0 saturated heterocycles. The van der Waals surface area contributed by atoms with Crippen LogP contribution < -0.4 is 18.9 Å². The first-order valence-corrected chi connectivity index (χ1v) is 8.93. The summed E-state index contributed by atoms with van der Waals surface area (Å²) in [4.78, 5) is 2.39. The maximum absolute atomic E-state index is 6.22. The fraction of sp³-hybridized carbons (Fsp3) is 0.429. The van der Waals surface area contributed by atoms with Crippen LogP contribution >= 0.6 is 0 Å². The van der Waals surface area contributed by atoms with Gasteiger partial charge in [0.25, 0.3) is 0 Å². The van der Waals surface area contributed by atoms with E-state index in [9.17, 15) is 0 Å². The molecule has 3 rings (SSSR count). The van der Waals surface area contributed by atoms with Crippen LogP contribution in [-0.2, 0) is 13.1 Å². The molecule has 0 aromatic heterocycles. The van der Waals surface area contributed by atoms with Gasteiger partial charge in [-0.3, -0.25) is 4.90 Å². The standard InChI is InChI=1S/C21H27NO4/c1-5-17-14-22(12-15-10-18(23-2)6-8-20(15)25-4)13-16-11-19(24-3)7-9-21(16)26-17/h6-11,17H,5,12-14H2,1-4H3/t17-/m1/s1. The van der Waals surface area contributed by atoms with E-state index in [-0.39, 0.29) is 6.10 Å². The molecular formula is C21H27NO4. The summed E-state index contributed by atoms with van der Waals surface area (Å²) in [5.74, 6) is 3.50. The van der Waals surface area contributed by atoms with Crippen molar-refractivity contribution in [2.24, 2.45) is 0 Å². The molecular weight excluding hydrogens is 330 g/mol. The van der Waals surface area contributed by atoms with Gasteiger partial charge in [-0.25, -0.2) is 0 Å². The molecule has 0 bridgehead atoms. The summed E-state index contributed by atoms with van der Waals surface area (Å²) in [5.41, 5.74) is 2.25. The Kier molecular flexibility index (Phi) is 5.89. The van der Waals surface area contributed by atoms with E-state index in [4.69, 9.17) is 18.9 Å². The summed E-state index contributed by atoms with van der Waals surface area (Å²) in [6, 6.07) is 11.9. The molecule has 2 aromatic carbocycles. The monoisotopic (exact) mass is 357 g/mol. The van der Waals surface area contributed by atoms with E-state index in [1.54, 1.807) is 21.3 Å². The van der Waals surface area contributed by atoms with Crippen molar-refractivity contribution in [3.8, 4) is 23.0 Å². The highest BCUT2D eigenvalue weighted by Crippen LogP contribution is 2.32. The van der Waals surface area contributed by atoms with Crippen LogP contribution in [0.3, 0.4) is 0 Å². The lowest BCUT2D eigenvalue weighted by molar-refractivity contribution is 0.138. The lowest BCUT2D eigenvalue weighted by Gasteiger charge is -2.24. The Balaban J connectivity index is 1.89. The first kappa shape index (κ1) is 18.4. The van der Waals surface area contributed by atoms with Crippen LogP contribution in [0, 0.1) is 0 Å². The first-order chi connectivity index (χ1) is 12.7. The van der Waals surface area contributed by atoms with Crippen molar-refractivity contribution in [2.45, 2.75) is 32.5 Å². The number of nitrogens with zero attached hydrogens (tertiary/aromatic N) is 1. The van der Waals surface area contributed by atoms with E-state index in [0.29, 0.717) is 0 Å². The molecule has 0 saturated carbocycles. The molecule has 1 aliphatic heterocycles. The third-order valence-electron chi connectivity index (χ3n) is 4.75. The summed E-state index contributed by atoms with van der Waals surface area (Å²) in [6.45, 7) is 4.57. The van der Waals surface area contributed by atoms with Crippen LogP contribution in [-0.4, -0.2) is 38.9 Å². The van der Waals surface area contributed by atoms with Crippen molar-refractivity contribution in [1.29, 1.82) is 0 Å². The van der Waals surface area contributed by atoms with Gasteiger partial charge in [0.15, 0.2) is 0 Å². The van der Waals surface area contributed by atoms with Gasteiger partial charge in [-0.1, -0.05) is 6.92 Å². The fourth-order valence-electron chi connectivity index (χ4n) is 3.31. The Morgan fingerprint density at radius 1 is 1.00 bits per heavy atom. The van der Waals surface area contributed by atoms with Crippen molar-refractivity contribution in [1.82, 2.24) is 4.90 Å². The number of fused-ring (bicyclic) bond motifs is 1. The average molecular weight is 357 g/mol. The normalized spacial score (nSPS) is 17.0. The Hall–Kier alpha value is -2.40. The Labute approximate surface area is 155 Å². The van der Waals surface area contributed by atoms with Crippen LogP contribution in [0.25, 0.3) is 0 Å². The maximum Gasteiger partial charge on any atom is 0.124 e. The second-order valence-corrected chi connectivity index (χ2v) is 6.47. The summed E-state index contributed by atoms with van der Waals surface area (Å²) >= 11 is 0. The molecule has 5 heteroatoms. The highest BCUT2D eigenvalue weighted by molar-refractivity contribution is 5.42. The molecule has 1 atom stereocenters. The number of benzene rings is 2. The largest absolute Gasteiger partial charge is 0.497 e. The number of methoxy groups -OCH3 is 3. The van der Waals surface area contributed by atoms with Crippen LogP contribution in [0.4, 0.5) is 0 Å². The van der Waals surface area contributed by atoms with Gasteiger partial charge in [-0.2, -0.15) is 0 Å². The van der Waals surface area contributed by atoms with Gasteiger partial charge in [-0.15, -0.1) is 0 Å². The van der Waals surface area contributed by atoms with Crippen molar-refractivity contribution in [3.63, 3.8) is 0 Å². The zero-order valence-corrected chi connectivity index (χ0v) is 16.0. The lowest BCUT2D eigenvalue weighted by atomic mass is 10.1. The van der Waals surface area contributed by atoms with Gasteiger partial charge in [-0.05, 0) is 42.8 Å². The third-order valence-corrected chi connectivity index (χ3v) is 4.75. The van der Waals surface area contributed by atoms with Gasteiger partial charge in [0.05, 0.1) is 21.3 Å². The molecule has 0 fully saturated rings. The molecule has 0 spiro atoms. The second kappa shape index (κ2) is 8.32. The quantitative estimate of drug-likeness (QED) is 0.784. The summed E-state index contributed by atoms with van der Waals surface area (Å²) in [7, 11) is 5.07. The minimum absolute atomic E-state index is 0.154. The zero-order chi connectivity index (χ0) is 18.5. The molecule has 1 heterocycles. The molecule has 0 N–H and O–H groups in total. The second-order valence-electron chi connectivity index (χ2n) is 6.47. The molecule has 140 valence electrons. The van der Waals surface area contributed by atoms with Crippen molar-refractivity contribution >= 4 is 0 Å². The van der Waals surface area contributed by atoms with E-state index >= 15 is 0 Å². The predicted octanol–water partition coefficient (Wildman–Crippen LogP) is 3.89. The number of ether oxygens (including phenoxy) is 4. The van der Waals surface area contributed by atoms with Gasteiger partial charge in [0.1, 0.15) is 29.1 Å². The smallest absolute Gasteiger partial charge is 0.124 e. The van der Waals surface area contributed by atoms with Crippen LogP contribution in [0.2, 0.25) is 0 Å². The molecule has 2 aromatic rings. The lowest BCUT2D eigenvalue weighted by Crippen LogP contribution is -2.32. The van der Waals surface area contributed by atoms with E-state index in [1.807, 2.05) is 30.3 Å². The van der Waals surface area contributed by atoms with E-state index in [0.717, 1.165) is 60.2 Å². The Morgan fingerprint density at radius 2 is 1.73 bits per heavy atom. The minimum atomic E-state index is 0.154. The molecule has 0 amide bonds. The number of hydrogen-bond acceptors (Lipinski definition) is 5. The molecule has 0 unspecified atom stereocenters. The van der Waals surface area contributed by atoms with Crippen LogP contribution in [0.15, 0.2) is 36.4 Å². The molecule has 5 nitrogen and oxygen atoms in total. The summed E-state index contributed by atoms with van der Waals surface area (Å²) in [5, 5.41) is 0. The average Bonchev–Trinajstić information content (AvgIpc) is 2.85. The maximum atomic E-state index is 6.22. The summed E-state index contributed by atoms with van der Waals surface area (Å²) < 4.78 is 22.5. The molecule has 1 aliphatic rings. The van der Waals surface area contributed by atoms with Gasteiger partial charge in [0.2, 0.25) is 0 Å². The highest BCUT2D eigenvalue weighted by atomic mass is 16.5. The van der Waals surface area contributed by atoms with Crippen molar-refractivity contribution in [2.75, 3.05) is 27.9 Å². The Morgan fingerprint density at radius 3 is 2.42 bits per heavy atom. The van der Waals surface area contributed by atoms with Gasteiger partial charge in [0, 0.05) is 30.8 Å². The zero-order valence-electron chi connectivity index (χ0n) is 16.0. The first-order valence-electron chi connectivity index (χ1n) is 8.93. The van der Waals surface area contributed by atoms with Crippen LogP contribution in [0.1, 0.15) is 24.5 Å². The minimum Gasteiger partial charge on any atom is -0.497 e. The van der Waals surface area contributed by atoms with E-state index in [2.05, 4.69) is 17.9 Å². The van der Waals surface area contributed by atoms with Crippen LogP contribution in [0.5, 0.6) is 23.0 Å². The molecule has 0 radical (unpaired) electrons. The molecule has 26 heavy (non-hydrogen) atoms. The molecule has 0 aliphatic carbocycles. The van der Waals surface area contributed by atoms with Crippen molar-refractivity contribution in [3.05, 3.63) is 47.5 Å². The topological polar surface area (TPSA) is 40.2 Å². The fourth-order valence-corrected chi connectivity index (χ4v) is 3.31.